The second-order valence-corrected chi connectivity index (χ2v) is 4.32. The van der Waals surface area contributed by atoms with Gasteiger partial charge >= 0.3 is 0 Å². The molecule has 0 aromatic heterocycles. The molecule has 6 nitrogen and oxygen atoms in total. The van der Waals surface area contributed by atoms with Crippen molar-refractivity contribution < 1.29 is 14.7 Å². The highest BCUT2D eigenvalue weighted by Gasteiger charge is 2.20. The second-order valence-electron chi connectivity index (χ2n) is 4.32. The average molecular weight is 243 g/mol. The fourth-order valence-corrected chi connectivity index (χ4v) is 1.98. The summed E-state index contributed by atoms with van der Waals surface area (Å²) in [6.07, 6.45) is 1.76. The van der Waals surface area contributed by atoms with Crippen molar-refractivity contribution in [2.75, 3.05) is 32.8 Å². The Morgan fingerprint density at radius 1 is 1.35 bits per heavy atom. The zero-order valence-electron chi connectivity index (χ0n) is 10.2. The zero-order chi connectivity index (χ0) is 12.7. The largest absolute Gasteiger partial charge is 0.395 e. The molecule has 0 atom stereocenters. The van der Waals surface area contributed by atoms with Gasteiger partial charge in [0, 0.05) is 32.6 Å². The lowest BCUT2D eigenvalue weighted by atomic mass is 10.1. The first-order valence-corrected chi connectivity index (χ1v) is 5.99. The molecule has 0 radical (unpaired) electrons. The molecule has 0 bridgehead atoms. The molecule has 0 aliphatic carbocycles. The minimum Gasteiger partial charge on any atom is -0.395 e. The van der Waals surface area contributed by atoms with Crippen LogP contribution in [0.4, 0.5) is 0 Å². The van der Waals surface area contributed by atoms with E-state index in [1.807, 2.05) is 0 Å². The Morgan fingerprint density at radius 2 is 2.00 bits per heavy atom. The molecule has 1 saturated heterocycles. The summed E-state index contributed by atoms with van der Waals surface area (Å²) in [6.45, 7) is 3.80. The van der Waals surface area contributed by atoms with Gasteiger partial charge in [-0.1, -0.05) is 0 Å². The Balaban J connectivity index is 2.18. The molecule has 98 valence electrons. The van der Waals surface area contributed by atoms with Crippen LogP contribution < -0.4 is 10.6 Å². The van der Waals surface area contributed by atoms with Gasteiger partial charge in [-0.3, -0.25) is 14.5 Å². The lowest BCUT2D eigenvalue weighted by Crippen LogP contribution is -2.47. The highest BCUT2D eigenvalue weighted by molar-refractivity contribution is 5.78. The van der Waals surface area contributed by atoms with Gasteiger partial charge in [0.15, 0.2) is 0 Å². The fraction of sp³-hybridized carbons (Fsp3) is 0.818. The fourth-order valence-electron chi connectivity index (χ4n) is 1.98. The first kappa shape index (κ1) is 13.9. The van der Waals surface area contributed by atoms with Gasteiger partial charge in [0.05, 0.1) is 13.2 Å². The van der Waals surface area contributed by atoms with Crippen LogP contribution >= 0.6 is 0 Å². The molecule has 2 amide bonds. The topological polar surface area (TPSA) is 81.7 Å². The third kappa shape index (κ3) is 5.65. The van der Waals surface area contributed by atoms with Crippen LogP contribution in [0.1, 0.15) is 19.8 Å². The minimum absolute atomic E-state index is 0.00383. The van der Waals surface area contributed by atoms with Gasteiger partial charge in [-0.2, -0.15) is 0 Å². The molecule has 1 aliphatic heterocycles. The molecule has 0 aromatic rings. The van der Waals surface area contributed by atoms with Crippen LogP contribution in [0.15, 0.2) is 0 Å². The number of nitrogens with one attached hydrogen (secondary N) is 2. The molecular weight excluding hydrogens is 222 g/mol. The number of aliphatic hydroxyl groups is 1. The van der Waals surface area contributed by atoms with Crippen LogP contribution in [0.3, 0.4) is 0 Å². The van der Waals surface area contributed by atoms with Crippen LogP contribution in [-0.4, -0.2) is 60.6 Å². The SMILES string of the molecule is CC(=O)NC1CCN(CC(=O)NCCO)CC1. The molecule has 1 heterocycles. The minimum atomic E-state index is -0.0583. The van der Waals surface area contributed by atoms with Gasteiger partial charge < -0.3 is 15.7 Å². The summed E-state index contributed by atoms with van der Waals surface area (Å²) < 4.78 is 0. The number of carbonyl (C=O) groups excluding carboxylic acids is 2. The molecule has 0 unspecified atom stereocenters. The molecule has 1 aliphatic rings. The van der Waals surface area contributed by atoms with Crippen LogP contribution in [-0.2, 0) is 9.59 Å². The van der Waals surface area contributed by atoms with Crippen LogP contribution in [0, 0.1) is 0 Å². The molecule has 1 fully saturated rings. The molecule has 17 heavy (non-hydrogen) atoms. The van der Waals surface area contributed by atoms with Crippen LogP contribution in [0.2, 0.25) is 0 Å². The van der Waals surface area contributed by atoms with E-state index in [2.05, 4.69) is 15.5 Å². The van der Waals surface area contributed by atoms with Gasteiger partial charge in [-0.15, -0.1) is 0 Å². The van der Waals surface area contributed by atoms with Crippen molar-refractivity contribution in [2.24, 2.45) is 0 Å². The Kier molecular flexibility index (Phi) is 5.93. The molecule has 3 N–H and O–H groups in total. The summed E-state index contributed by atoms with van der Waals surface area (Å²) in [4.78, 5) is 24.3. The first-order valence-electron chi connectivity index (χ1n) is 5.99. The second kappa shape index (κ2) is 7.24. The summed E-state index contributed by atoms with van der Waals surface area (Å²) >= 11 is 0. The Morgan fingerprint density at radius 3 is 2.53 bits per heavy atom. The van der Waals surface area contributed by atoms with E-state index >= 15 is 0 Å². The van der Waals surface area contributed by atoms with Gasteiger partial charge in [0.25, 0.3) is 0 Å². The van der Waals surface area contributed by atoms with Crippen molar-refractivity contribution in [3.05, 3.63) is 0 Å². The van der Waals surface area contributed by atoms with Gasteiger partial charge in [0.1, 0.15) is 0 Å². The van der Waals surface area contributed by atoms with Crippen molar-refractivity contribution >= 4 is 11.8 Å². The van der Waals surface area contributed by atoms with E-state index in [1.165, 1.54) is 6.92 Å². The highest BCUT2D eigenvalue weighted by Crippen LogP contribution is 2.09. The van der Waals surface area contributed by atoms with E-state index in [9.17, 15) is 9.59 Å². The highest BCUT2D eigenvalue weighted by atomic mass is 16.3. The van der Waals surface area contributed by atoms with Crippen LogP contribution in [0.25, 0.3) is 0 Å². The van der Waals surface area contributed by atoms with E-state index in [4.69, 9.17) is 5.11 Å². The molecule has 1 rings (SSSR count). The molecule has 6 heteroatoms. The van der Waals surface area contributed by atoms with E-state index in [1.54, 1.807) is 0 Å². The van der Waals surface area contributed by atoms with E-state index in [0.29, 0.717) is 13.1 Å². The number of nitrogens with zero attached hydrogens (tertiary/aromatic N) is 1. The summed E-state index contributed by atoms with van der Waals surface area (Å²) in [5.41, 5.74) is 0. The molecule has 0 saturated carbocycles. The number of hydrogen-bond donors (Lipinski definition) is 3. The average Bonchev–Trinajstić information content (AvgIpc) is 2.28. The number of carbonyl (C=O) groups is 2. The number of aliphatic hydroxyl groups excluding tert-OH is 1. The monoisotopic (exact) mass is 243 g/mol. The number of rotatable bonds is 5. The Labute approximate surface area is 101 Å². The molecular formula is C11H21N3O3. The van der Waals surface area contributed by atoms with Crippen molar-refractivity contribution in [2.45, 2.75) is 25.8 Å². The third-order valence-electron chi connectivity index (χ3n) is 2.80. The number of amides is 2. The lowest BCUT2D eigenvalue weighted by Gasteiger charge is -2.31. The quantitative estimate of drug-likeness (QED) is 0.560. The van der Waals surface area contributed by atoms with Gasteiger partial charge in [-0.25, -0.2) is 0 Å². The van der Waals surface area contributed by atoms with Crippen molar-refractivity contribution in [3.8, 4) is 0 Å². The van der Waals surface area contributed by atoms with Crippen molar-refractivity contribution in [1.82, 2.24) is 15.5 Å². The Bertz CT molecular complexity index is 263. The summed E-state index contributed by atoms with van der Waals surface area (Å²) in [5, 5.41) is 14.1. The number of hydrogen-bond acceptors (Lipinski definition) is 4. The summed E-state index contributed by atoms with van der Waals surface area (Å²) in [5.74, 6) is -0.0545. The normalized spacial score (nSPS) is 17.8. The summed E-state index contributed by atoms with van der Waals surface area (Å²) in [6, 6.07) is 0.240. The maximum Gasteiger partial charge on any atom is 0.234 e. The van der Waals surface area contributed by atoms with Crippen molar-refractivity contribution in [3.63, 3.8) is 0 Å². The smallest absolute Gasteiger partial charge is 0.234 e. The predicted molar refractivity (Wildman–Crippen MR) is 63.4 cm³/mol. The van der Waals surface area contributed by atoms with Gasteiger partial charge in [-0.05, 0) is 12.8 Å². The molecule has 0 aromatic carbocycles. The number of likely N-dealkylation sites (tertiary alicyclic amines) is 1. The number of piperidine rings is 1. The van der Waals surface area contributed by atoms with Gasteiger partial charge in [0.2, 0.25) is 11.8 Å². The van der Waals surface area contributed by atoms with Crippen LogP contribution in [0.5, 0.6) is 0 Å². The zero-order valence-corrected chi connectivity index (χ0v) is 10.2. The van der Waals surface area contributed by atoms with E-state index < -0.39 is 0 Å². The lowest BCUT2D eigenvalue weighted by molar-refractivity contribution is -0.123. The summed E-state index contributed by atoms with van der Waals surface area (Å²) in [7, 11) is 0. The van der Waals surface area contributed by atoms with E-state index in [0.717, 1.165) is 25.9 Å². The molecule has 0 spiro atoms. The third-order valence-corrected chi connectivity index (χ3v) is 2.80. The van der Waals surface area contributed by atoms with E-state index in [-0.39, 0.29) is 24.5 Å². The maximum atomic E-state index is 11.4. The van der Waals surface area contributed by atoms with Crippen molar-refractivity contribution in [1.29, 1.82) is 0 Å². The standard InChI is InChI=1S/C11H21N3O3/c1-9(16)13-10-2-5-14(6-3-10)8-11(17)12-4-7-15/h10,15H,2-8H2,1H3,(H,12,17)(H,13,16). The predicted octanol–water partition coefficient (Wildman–Crippen LogP) is -1.30. The maximum absolute atomic E-state index is 11.4. The first-order chi connectivity index (χ1) is 8.11. The Hall–Kier alpha value is -1.14.